The predicted molar refractivity (Wildman–Crippen MR) is 85.2 cm³/mol. The Morgan fingerprint density at radius 3 is 2.45 bits per heavy atom. The maximum atomic E-state index is 4.59. The predicted octanol–water partition coefficient (Wildman–Crippen LogP) is 1.66. The Labute approximate surface area is 130 Å². The Kier molecular flexibility index (Phi) is 2.99. The molecule has 3 aliphatic heterocycles. The summed E-state index contributed by atoms with van der Waals surface area (Å²) in [5.41, 5.74) is 2.05. The zero-order valence-corrected chi connectivity index (χ0v) is 13.2. The third-order valence-electron chi connectivity index (χ3n) is 4.48. The number of hydrogen-bond acceptors (Lipinski definition) is 6. The number of nitrogens with zero attached hydrogens (tertiary/aromatic N) is 6. The van der Waals surface area contributed by atoms with Crippen LogP contribution in [0.3, 0.4) is 0 Å². The van der Waals surface area contributed by atoms with E-state index in [4.69, 9.17) is 0 Å². The Hall–Kier alpha value is -2.24. The van der Waals surface area contributed by atoms with Crippen molar-refractivity contribution in [3.8, 4) is 0 Å². The van der Waals surface area contributed by atoms with E-state index >= 15 is 0 Å². The van der Waals surface area contributed by atoms with Crippen molar-refractivity contribution in [2.75, 3.05) is 22.9 Å². The Morgan fingerprint density at radius 2 is 1.77 bits per heavy atom. The van der Waals surface area contributed by atoms with Gasteiger partial charge in [0.2, 0.25) is 5.95 Å². The molecule has 0 radical (unpaired) electrons. The molecule has 3 saturated heterocycles. The number of hydrogen-bond donors (Lipinski definition) is 0. The molecule has 6 heteroatoms. The number of aryl methyl sites for hydroxylation is 3. The topological polar surface area (TPSA) is 58.0 Å². The van der Waals surface area contributed by atoms with Gasteiger partial charge in [0.25, 0.3) is 0 Å². The van der Waals surface area contributed by atoms with Crippen LogP contribution in [0.5, 0.6) is 0 Å². The van der Waals surface area contributed by atoms with Crippen molar-refractivity contribution < 1.29 is 0 Å². The lowest BCUT2D eigenvalue weighted by Crippen LogP contribution is -2.69. The number of fused-ring (bicyclic) bond motifs is 2. The summed E-state index contributed by atoms with van der Waals surface area (Å²) in [6.45, 7) is 7.94. The molecule has 22 heavy (non-hydrogen) atoms. The van der Waals surface area contributed by atoms with Crippen LogP contribution in [-0.2, 0) is 0 Å². The van der Waals surface area contributed by atoms with E-state index in [1.54, 1.807) is 0 Å². The maximum absolute atomic E-state index is 4.59. The SMILES string of the molecule is Cc1cc(N2CC3CC(C2)N3c2nccc(C)n2)nc(C)n1. The van der Waals surface area contributed by atoms with Gasteiger partial charge in [0, 0.05) is 36.7 Å². The molecule has 0 aliphatic carbocycles. The summed E-state index contributed by atoms with van der Waals surface area (Å²) in [4.78, 5) is 22.7. The third-order valence-corrected chi connectivity index (χ3v) is 4.48. The van der Waals surface area contributed by atoms with Gasteiger partial charge in [0.1, 0.15) is 11.6 Å². The third kappa shape index (κ3) is 2.19. The van der Waals surface area contributed by atoms with E-state index < -0.39 is 0 Å². The van der Waals surface area contributed by atoms with Crippen LogP contribution in [0.15, 0.2) is 18.3 Å². The van der Waals surface area contributed by atoms with Crippen molar-refractivity contribution in [3.63, 3.8) is 0 Å². The van der Waals surface area contributed by atoms with Gasteiger partial charge in [-0.15, -0.1) is 0 Å². The van der Waals surface area contributed by atoms with Crippen LogP contribution in [0.25, 0.3) is 0 Å². The number of piperidine rings is 1. The van der Waals surface area contributed by atoms with E-state index in [1.165, 1.54) is 6.42 Å². The molecule has 0 N–H and O–H groups in total. The van der Waals surface area contributed by atoms with Crippen LogP contribution in [0, 0.1) is 20.8 Å². The summed E-state index contributed by atoms with van der Waals surface area (Å²) in [5.74, 6) is 2.76. The number of piperazine rings is 1. The molecular formula is C16H20N6. The fraction of sp³-hybridized carbons (Fsp3) is 0.500. The molecule has 2 aromatic rings. The first-order valence-corrected chi connectivity index (χ1v) is 7.75. The van der Waals surface area contributed by atoms with Gasteiger partial charge in [0.15, 0.2) is 0 Å². The highest BCUT2D eigenvalue weighted by Gasteiger charge is 2.46. The quantitative estimate of drug-likeness (QED) is 0.840. The summed E-state index contributed by atoms with van der Waals surface area (Å²) >= 11 is 0. The van der Waals surface area contributed by atoms with Gasteiger partial charge in [-0.1, -0.05) is 0 Å². The summed E-state index contributed by atoms with van der Waals surface area (Å²) in [5, 5.41) is 0. The van der Waals surface area contributed by atoms with Crippen molar-refractivity contribution in [1.82, 2.24) is 19.9 Å². The second kappa shape index (κ2) is 4.90. The number of aromatic nitrogens is 4. The lowest BCUT2D eigenvalue weighted by molar-refractivity contribution is 0.285. The molecule has 5 heterocycles. The second-order valence-corrected chi connectivity index (χ2v) is 6.27. The van der Waals surface area contributed by atoms with Gasteiger partial charge in [-0.2, -0.15) is 0 Å². The van der Waals surface area contributed by atoms with Crippen molar-refractivity contribution >= 4 is 11.8 Å². The summed E-state index contributed by atoms with van der Waals surface area (Å²) in [6.07, 6.45) is 3.07. The second-order valence-electron chi connectivity index (χ2n) is 6.27. The molecule has 2 unspecified atom stereocenters. The van der Waals surface area contributed by atoms with Crippen LogP contribution in [0.2, 0.25) is 0 Å². The molecule has 2 bridgehead atoms. The molecule has 2 atom stereocenters. The van der Waals surface area contributed by atoms with Gasteiger partial charge >= 0.3 is 0 Å². The minimum atomic E-state index is 0.483. The zero-order chi connectivity index (χ0) is 15.3. The van der Waals surface area contributed by atoms with E-state index in [9.17, 15) is 0 Å². The van der Waals surface area contributed by atoms with E-state index in [0.717, 1.165) is 42.1 Å². The van der Waals surface area contributed by atoms with Crippen LogP contribution >= 0.6 is 0 Å². The molecule has 114 valence electrons. The molecule has 0 saturated carbocycles. The van der Waals surface area contributed by atoms with Gasteiger partial charge in [0.05, 0.1) is 12.1 Å². The van der Waals surface area contributed by atoms with Crippen molar-refractivity contribution in [1.29, 1.82) is 0 Å². The van der Waals surface area contributed by atoms with Crippen molar-refractivity contribution in [2.45, 2.75) is 39.3 Å². The molecule has 5 rings (SSSR count). The fourth-order valence-electron chi connectivity index (χ4n) is 3.54. The van der Waals surface area contributed by atoms with E-state index in [0.29, 0.717) is 12.1 Å². The lowest BCUT2D eigenvalue weighted by Gasteiger charge is -2.56. The van der Waals surface area contributed by atoms with Gasteiger partial charge in [-0.05, 0) is 33.3 Å². The average molecular weight is 296 g/mol. The summed E-state index contributed by atoms with van der Waals surface area (Å²) in [6, 6.07) is 4.98. The van der Waals surface area contributed by atoms with Crippen molar-refractivity contribution in [2.24, 2.45) is 0 Å². The molecule has 0 spiro atoms. The molecule has 0 amide bonds. The number of rotatable bonds is 2. The molecule has 3 fully saturated rings. The van der Waals surface area contributed by atoms with Crippen LogP contribution < -0.4 is 9.80 Å². The first-order valence-electron chi connectivity index (χ1n) is 7.75. The molecule has 3 aliphatic rings. The number of anilines is 2. The normalized spacial score (nSPS) is 23.4. The smallest absolute Gasteiger partial charge is 0.226 e. The Balaban J connectivity index is 1.55. The zero-order valence-electron chi connectivity index (χ0n) is 13.2. The van der Waals surface area contributed by atoms with E-state index in [-0.39, 0.29) is 0 Å². The summed E-state index contributed by atoms with van der Waals surface area (Å²) < 4.78 is 0. The molecular weight excluding hydrogens is 276 g/mol. The van der Waals surface area contributed by atoms with Crippen LogP contribution in [0.1, 0.15) is 23.6 Å². The first kappa shape index (κ1) is 13.4. The largest absolute Gasteiger partial charge is 0.352 e. The van der Waals surface area contributed by atoms with Gasteiger partial charge in [-0.25, -0.2) is 19.9 Å². The Morgan fingerprint density at radius 1 is 1.00 bits per heavy atom. The van der Waals surface area contributed by atoms with Gasteiger partial charge < -0.3 is 9.80 Å². The van der Waals surface area contributed by atoms with Crippen LogP contribution in [-0.4, -0.2) is 45.1 Å². The maximum Gasteiger partial charge on any atom is 0.226 e. The van der Waals surface area contributed by atoms with E-state index in [2.05, 4.69) is 35.8 Å². The average Bonchev–Trinajstić information content (AvgIpc) is 2.46. The van der Waals surface area contributed by atoms with Crippen LogP contribution in [0.4, 0.5) is 11.8 Å². The fourth-order valence-corrected chi connectivity index (χ4v) is 3.54. The minimum absolute atomic E-state index is 0.483. The highest BCUT2D eigenvalue weighted by Crippen LogP contribution is 2.36. The highest BCUT2D eigenvalue weighted by molar-refractivity contribution is 5.49. The highest BCUT2D eigenvalue weighted by atomic mass is 15.4. The standard InChI is InChI=1S/C16H20N6/c1-10-4-5-17-16(19-10)22-13-7-14(22)9-21(8-13)15-6-11(2)18-12(3)20-15/h4-6,13-14H,7-9H2,1-3H3. The molecule has 0 aromatic carbocycles. The van der Waals surface area contributed by atoms with Gasteiger partial charge in [-0.3, -0.25) is 0 Å². The van der Waals surface area contributed by atoms with Crippen molar-refractivity contribution in [3.05, 3.63) is 35.5 Å². The first-order chi connectivity index (χ1) is 10.6. The molecule has 6 nitrogen and oxygen atoms in total. The lowest BCUT2D eigenvalue weighted by atomic mass is 9.88. The summed E-state index contributed by atoms with van der Waals surface area (Å²) in [7, 11) is 0. The monoisotopic (exact) mass is 296 g/mol. The minimum Gasteiger partial charge on any atom is -0.352 e. The van der Waals surface area contributed by atoms with E-state index in [1.807, 2.05) is 33.0 Å². The Bertz CT molecular complexity index is 683. The molecule has 2 aromatic heterocycles.